The summed E-state index contributed by atoms with van der Waals surface area (Å²) in [4.78, 5) is 3.99. The summed E-state index contributed by atoms with van der Waals surface area (Å²) in [6.45, 7) is 3.00. The summed E-state index contributed by atoms with van der Waals surface area (Å²) in [5.41, 5.74) is 1.56. The second-order valence-corrected chi connectivity index (χ2v) is 8.50. The van der Waals surface area contributed by atoms with E-state index in [9.17, 15) is 8.42 Å². The number of hydrogen-bond donors (Lipinski definition) is 2. The van der Waals surface area contributed by atoms with Crippen LogP contribution in [0, 0.1) is 0 Å². The predicted octanol–water partition coefficient (Wildman–Crippen LogP) is 3.12. The van der Waals surface area contributed by atoms with Crippen LogP contribution in [0.4, 0.5) is 5.82 Å². The van der Waals surface area contributed by atoms with E-state index >= 15 is 0 Å². The Morgan fingerprint density at radius 1 is 1.46 bits per heavy atom. The van der Waals surface area contributed by atoms with Crippen LogP contribution in [-0.4, -0.2) is 32.1 Å². The minimum absolute atomic E-state index is 0.0755. The van der Waals surface area contributed by atoms with E-state index in [-0.39, 0.29) is 16.0 Å². The van der Waals surface area contributed by atoms with Gasteiger partial charge in [0.05, 0.1) is 15.4 Å². The smallest absolute Gasteiger partial charge is 0.263 e. The lowest BCUT2D eigenvalue weighted by Crippen LogP contribution is -2.40. The minimum atomic E-state index is -3.72. The SMILES string of the molecule is C[C@H]1C[C@H](Oc2ccc(S(=O)(=O)Nc3cscn3)cc2Cl)CCN1. The molecule has 1 aromatic heterocycles. The number of nitrogens with one attached hydrogen (secondary N) is 2. The van der Waals surface area contributed by atoms with Gasteiger partial charge in [-0.25, -0.2) is 13.4 Å². The Balaban J connectivity index is 1.74. The van der Waals surface area contributed by atoms with Gasteiger partial charge in [-0.05, 0) is 44.5 Å². The molecular formula is C15H18ClN3O3S2. The van der Waals surface area contributed by atoms with Crippen molar-refractivity contribution >= 4 is 38.8 Å². The first-order valence-electron chi connectivity index (χ1n) is 7.54. The number of halogens is 1. The van der Waals surface area contributed by atoms with Crippen LogP contribution in [-0.2, 0) is 10.0 Å². The van der Waals surface area contributed by atoms with Crippen molar-refractivity contribution in [1.82, 2.24) is 10.3 Å². The third-order valence-corrected chi connectivity index (χ3v) is 5.99. The fourth-order valence-electron chi connectivity index (χ4n) is 2.58. The quantitative estimate of drug-likeness (QED) is 0.823. The van der Waals surface area contributed by atoms with E-state index in [4.69, 9.17) is 16.3 Å². The molecule has 2 atom stereocenters. The molecule has 1 aliphatic heterocycles. The summed E-state index contributed by atoms with van der Waals surface area (Å²) in [7, 11) is -3.72. The first-order valence-corrected chi connectivity index (χ1v) is 10.3. The van der Waals surface area contributed by atoms with Crippen molar-refractivity contribution in [3.63, 3.8) is 0 Å². The van der Waals surface area contributed by atoms with Crippen molar-refractivity contribution in [1.29, 1.82) is 0 Å². The van der Waals surface area contributed by atoms with E-state index in [1.807, 2.05) is 0 Å². The summed E-state index contributed by atoms with van der Waals surface area (Å²) < 4.78 is 33.0. The highest BCUT2D eigenvalue weighted by molar-refractivity contribution is 7.92. The lowest BCUT2D eigenvalue weighted by molar-refractivity contribution is 0.144. The molecule has 1 aliphatic rings. The number of nitrogens with zero attached hydrogens (tertiary/aromatic N) is 1. The van der Waals surface area contributed by atoms with Crippen molar-refractivity contribution in [2.45, 2.75) is 36.8 Å². The molecule has 0 aliphatic carbocycles. The topological polar surface area (TPSA) is 80.3 Å². The van der Waals surface area contributed by atoms with Gasteiger partial charge in [0.2, 0.25) is 0 Å². The molecule has 2 N–H and O–H groups in total. The molecule has 2 aromatic rings. The molecule has 24 heavy (non-hydrogen) atoms. The summed E-state index contributed by atoms with van der Waals surface area (Å²) in [5, 5.41) is 5.26. The van der Waals surface area contributed by atoms with E-state index < -0.39 is 10.0 Å². The largest absolute Gasteiger partial charge is 0.489 e. The van der Waals surface area contributed by atoms with E-state index in [0.717, 1.165) is 19.4 Å². The first-order chi connectivity index (χ1) is 11.4. The van der Waals surface area contributed by atoms with Gasteiger partial charge in [0.25, 0.3) is 10.0 Å². The van der Waals surface area contributed by atoms with Crippen LogP contribution in [0.1, 0.15) is 19.8 Å². The second-order valence-electron chi connectivity index (χ2n) is 5.69. The van der Waals surface area contributed by atoms with E-state index in [1.54, 1.807) is 17.0 Å². The molecule has 3 rings (SSSR count). The Morgan fingerprint density at radius 3 is 2.96 bits per heavy atom. The molecule has 0 unspecified atom stereocenters. The van der Waals surface area contributed by atoms with E-state index in [2.05, 4.69) is 21.9 Å². The standard InChI is InChI=1S/C15H18ClN3O3S2/c1-10-6-11(4-5-17-10)22-14-3-2-12(7-13(14)16)24(20,21)19-15-8-23-9-18-15/h2-3,7-11,17,19H,4-6H2,1H3/t10-,11+/m0/s1. The van der Waals surface area contributed by atoms with Gasteiger partial charge >= 0.3 is 0 Å². The van der Waals surface area contributed by atoms with Crippen LogP contribution in [0.2, 0.25) is 5.02 Å². The highest BCUT2D eigenvalue weighted by Gasteiger charge is 2.22. The Kier molecular flexibility index (Phi) is 5.29. The van der Waals surface area contributed by atoms with Gasteiger partial charge in [0.1, 0.15) is 11.9 Å². The highest BCUT2D eigenvalue weighted by Crippen LogP contribution is 2.30. The van der Waals surface area contributed by atoms with Crippen LogP contribution in [0.5, 0.6) is 5.75 Å². The van der Waals surface area contributed by atoms with Gasteiger partial charge in [0.15, 0.2) is 5.82 Å². The molecule has 6 nitrogen and oxygen atoms in total. The van der Waals surface area contributed by atoms with Gasteiger partial charge in [-0.2, -0.15) is 0 Å². The molecule has 0 radical (unpaired) electrons. The average Bonchev–Trinajstić information content (AvgIpc) is 3.01. The maximum Gasteiger partial charge on any atom is 0.263 e. The first kappa shape index (κ1) is 17.5. The average molecular weight is 388 g/mol. The normalized spacial score (nSPS) is 21.4. The summed E-state index contributed by atoms with van der Waals surface area (Å²) in [6, 6.07) is 4.88. The molecule has 9 heteroatoms. The molecule has 130 valence electrons. The molecule has 2 heterocycles. The fourth-order valence-corrected chi connectivity index (χ4v) is 4.45. The number of piperidine rings is 1. The molecule has 1 aromatic carbocycles. The van der Waals surface area contributed by atoms with Crippen LogP contribution in [0.25, 0.3) is 0 Å². The van der Waals surface area contributed by atoms with Gasteiger partial charge in [-0.15, -0.1) is 11.3 Å². The maximum absolute atomic E-state index is 12.3. The van der Waals surface area contributed by atoms with Crippen LogP contribution in [0.15, 0.2) is 34.0 Å². The Morgan fingerprint density at radius 2 is 2.29 bits per heavy atom. The number of thiazole rings is 1. The lowest BCUT2D eigenvalue weighted by atomic mass is 10.0. The van der Waals surface area contributed by atoms with Crippen molar-refractivity contribution < 1.29 is 13.2 Å². The third kappa shape index (κ3) is 4.18. The maximum atomic E-state index is 12.3. The summed E-state index contributed by atoms with van der Waals surface area (Å²) in [6.07, 6.45) is 1.86. The summed E-state index contributed by atoms with van der Waals surface area (Å²) >= 11 is 7.54. The molecule has 0 saturated carbocycles. The zero-order chi connectivity index (χ0) is 17.2. The lowest BCUT2D eigenvalue weighted by Gasteiger charge is -2.28. The molecular weight excluding hydrogens is 370 g/mol. The summed E-state index contributed by atoms with van der Waals surface area (Å²) in [5.74, 6) is 0.795. The zero-order valence-electron chi connectivity index (χ0n) is 13.0. The molecule has 1 fully saturated rings. The molecule has 0 bridgehead atoms. The fraction of sp³-hybridized carbons (Fsp3) is 0.400. The number of hydrogen-bond acceptors (Lipinski definition) is 6. The van der Waals surface area contributed by atoms with Crippen LogP contribution < -0.4 is 14.8 Å². The van der Waals surface area contributed by atoms with Gasteiger partial charge < -0.3 is 10.1 Å². The Hall–Kier alpha value is -1.35. The zero-order valence-corrected chi connectivity index (χ0v) is 15.4. The second kappa shape index (κ2) is 7.26. The van der Waals surface area contributed by atoms with E-state index in [1.165, 1.54) is 23.5 Å². The van der Waals surface area contributed by atoms with Crippen molar-refractivity contribution in [2.75, 3.05) is 11.3 Å². The van der Waals surface area contributed by atoms with Crippen LogP contribution in [0.3, 0.4) is 0 Å². The molecule has 1 saturated heterocycles. The Labute approximate surface area is 150 Å². The number of benzene rings is 1. The Bertz CT molecular complexity index is 796. The number of rotatable bonds is 5. The number of aromatic nitrogens is 1. The van der Waals surface area contributed by atoms with Crippen molar-refractivity contribution in [2.24, 2.45) is 0 Å². The predicted molar refractivity (Wildman–Crippen MR) is 95.5 cm³/mol. The van der Waals surface area contributed by atoms with E-state index in [0.29, 0.717) is 17.6 Å². The van der Waals surface area contributed by atoms with Crippen molar-refractivity contribution in [3.8, 4) is 5.75 Å². The van der Waals surface area contributed by atoms with Gasteiger partial charge in [0, 0.05) is 11.4 Å². The van der Waals surface area contributed by atoms with Crippen molar-refractivity contribution in [3.05, 3.63) is 34.1 Å². The monoisotopic (exact) mass is 387 g/mol. The number of sulfonamides is 1. The third-order valence-electron chi connectivity index (χ3n) is 3.75. The number of anilines is 1. The van der Waals surface area contributed by atoms with Gasteiger partial charge in [-0.3, -0.25) is 4.72 Å². The minimum Gasteiger partial charge on any atom is -0.489 e. The van der Waals surface area contributed by atoms with Gasteiger partial charge in [-0.1, -0.05) is 11.6 Å². The highest BCUT2D eigenvalue weighted by atomic mass is 35.5. The van der Waals surface area contributed by atoms with Crippen LogP contribution >= 0.6 is 22.9 Å². The number of ether oxygens (including phenoxy) is 1. The molecule has 0 amide bonds. The molecule has 0 spiro atoms.